The zero-order valence-corrected chi connectivity index (χ0v) is 12.4. The Labute approximate surface area is 123 Å². The van der Waals surface area contributed by atoms with Crippen LogP contribution < -0.4 is 5.32 Å². The average molecular weight is 301 g/mol. The van der Waals surface area contributed by atoms with Crippen LogP contribution in [0.5, 0.6) is 0 Å². The summed E-state index contributed by atoms with van der Waals surface area (Å²) in [5, 5.41) is 20.0. The molecule has 1 unspecified atom stereocenters. The third-order valence-electron chi connectivity index (χ3n) is 3.78. The maximum Gasteiger partial charge on any atom is 0.326 e. The number of carboxylic acid groups (broad SMARTS) is 2. The van der Waals surface area contributed by atoms with Crippen molar-refractivity contribution < 1.29 is 24.6 Å². The fourth-order valence-electron chi connectivity index (χ4n) is 2.34. The van der Waals surface area contributed by atoms with E-state index in [1.165, 1.54) is 0 Å². The van der Waals surface area contributed by atoms with Gasteiger partial charge in [-0.1, -0.05) is 6.92 Å². The first kappa shape index (κ1) is 17.2. The Hall–Kier alpha value is -1.83. The minimum Gasteiger partial charge on any atom is -0.481 e. The number of hydrogen-bond acceptors (Lipinski definition) is 4. The van der Waals surface area contributed by atoms with Gasteiger partial charge in [-0.25, -0.2) is 9.59 Å². The van der Waals surface area contributed by atoms with E-state index in [4.69, 9.17) is 10.2 Å². The quantitative estimate of drug-likeness (QED) is 0.639. The summed E-state index contributed by atoms with van der Waals surface area (Å²) in [5.74, 6) is -2.30. The Morgan fingerprint density at radius 3 is 2.48 bits per heavy atom. The van der Waals surface area contributed by atoms with E-state index in [2.05, 4.69) is 10.2 Å². The monoisotopic (exact) mass is 301 g/mol. The molecule has 0 aromatic heterocycles. The number of amides is 2. The molecule has 0 saturated carbocycles. The third-order valence-corrected chi connectivity index (χ3v) is 3.78. The van der Waals surface area contributed by atoms with Crippen molar-refractivity contribution in [3.8, 4) is 0 Å². The molecule has 1 aliphatic heterocycles. The summed E-state index contributed by atoms with van der Waals surface area (Å²) in [6.07, 6.45) is 0.487. The Morgan fingerprint density at radius 2 is 1.95 bits per heavy atom. The van der Waals surface area contributed by atoms with E-state index in [0.29, 0.717) is 13.1 Å². The second-order valence-electron chi connectivity index (χ2n) is 5.26. The fourth-order valence-corrected chi connectivity index (χ4v) is 2.34. The molecule has 0 radical (unpaired) electrons. The molecule has 1 fully saturated rings. The average Bonchev–Trinajstić information content (AvgIpc) is 2.43. The maximum atomic E-state index is 12.1. The molecule has 1 rings (SSSR count). The van der Waals surface area contributed by atoms with Crippen molar-refractivity contribution in [1.82, 2.24) is 15.1 Å². The molecule has 0 spiro atoms. The van der Waals surface area contributed by atoms with Crippen molar-refractivity contribution in [2.75, 3.05) is 26.7 Å². The van der Waals surface area contributed by atoms with E-state index in [1.807, 2.05) is 14.0 Å². The van der Waals surface area contributed by atoms with E-state index >= 15 is 0 Å². The van der Waals surface area contributed by atoms with Crippen LogP contribution in [-0.4, -0.2) is 76.7 Å². The van der Waals surface area contributed by atoms with Crippen LogP contribution in [0.1, 0.15) is 26.2 Å². The van der Waals surface area contributed by atoms with Gasteiger partial charge in [0, 0.05) is 32.1 Å². The number of carbonyl (C=O) groups excluding carboxylic acids is 1. The Kier molecular flexibility index (Phi) is 6.41. The van der Waals surface area contributed by atoms with Gasteiger partial charge in [0.25, 0.3) is 0 Å². The van der Waals surface area contributed by atoms with Gasteiger partial charge in [-0.2, -0.15) is 0 Å². The number of rotatable bonds is 6. The predicted molar refractivity (Wildman–Crippen MR) is 75.1 cm³/mol. The topological polar surface area (TPSA) is 110 Å². The van der Waals surface area contributed by atoms with E-state index in [1.54, 1.807) is 4.90 Å². The first-order valence-corrected chi connectivity index (χ1v) is 7.05. The Bertz CT molecular complexity index is 401. The number of urea groups is 1. The van der Waals surface area contributed by atoms with Gasteiger partial charge in [-0.3, -0.25) is 9.69 Å². The zero-order chi connectivity index (χ0) is 16.0. The largest absolute Gasteiger partial charge is 0.481 e. The number of nitrogens with zero attached hydrogens (tertiary/aromatic N) is 2. The molecule has 2 atom stereocenters. The minimum absolute atomic E-state index is 0.124. The lowest BCUT2D eigenvalue weighted by atomic mass is 10.1. The van der Waals surface area contributed by atoms with E-state index in [-0.39, 0.29) is 18.9 Å². The van der Waals surface area contributed by atoms with Gasteiger partial charge in [0.2, 0.25) is 0 Å². The Morgan fingerprint density at radius 1 is 1.29 bits per heavy atom. The number of nitrogens with one attached hydrogen (secondary N) is 1. The van der Waals surface area contributed by atoms with E-state index in [9.17, 15) is 14.4 Å². The lowest BCUT2D eigenvalue weighted by Crippen LogP contribution is -2.57. The number of hydrogen-bond donors (Lipinski definition) is 3. The summed E-state index contributed by atoms with van der Waals surface area (Å²) < 4.78 is 0. The van der Waals surface area contributed by atoms with Gasteiger partial charge in [0.1, 0.15) is 6.04 Å². The second-order valence-corrected chi connectivity index (χ2v) is 5.26. The molecule has 21 heavy (non-hydrogen) atoms. The molecule has 0 bridgehead atoms. The molecule has 2 amide bonds. The molecule has 0 aromatic rings. The van der Waals surface area contributed by atoms with Crippen LogP contribution in [0.3, 0.4) is 0 Å². The number of likely N-dealkylation sites (N-methyl/N-ethyl adjacent to an activating group) is 1. The van der Waals surface area contributed by atoms with Crippen LogP contribution >= 0.6 is 0 Å². The van der Waals surface area contributed by atoms with Crippen molar-refractivity contribution in [2.45, 2.75) is 38.3 Å². The summed E-state index contributed by atoms with van der Waals surface area (Å²) in [4.78, 5) is 37.4. The highest BCUT2D eigenvalue weighted by molar-refractivity contribution is 5.83. The maximum absolute atomic E-state index is 12.1. The molecule has 8 heteroatoms. The van der Waals surface area contributed by atoms with Crippen LogP contribution in [-0.2, 0) is 9.59 Å². The Balaban J connectivity index is 2.56. The van der Waals surface area contributed by atoms with Crippen LogP contribution in [0.15, 0.2) is 0 Å². The summed E-state index contributed by atoms with van der Waals surface area (Å²) in [7, 11) is 2.00. The summed E-state index contributed by atoms with van der Waals surface area (Å²) in [6, 6.07) is -1.36. The van der Waals surface area contributed by atoms with Crippen molar-refractivity contribution >= 4 is 18.0 Å². The number of piperazine rings is 1. The predicted octanol–water partition coefficient (Wildman–Crippen LogP) is 0.0400. The normalized spacial score (nSPS) is 20.9. The minimum atomic E-state index is -1.22. The molecule has 1 heterocycles. The SMILES string of the molecule is CCC1CN(C(=O)N[C@@H](CCC(=O)O)C(=O)O)CCN1C. The van der Waals surface area contributed by atoms with E-state index < -0.39 is 24.0 Å². The van der Waals surface area contributed by atoms with Crippen molar-refractivity contribution in [2.24, 2.45) is 0 Å². The molecule has 120 valence electrons. The van der Waals surface area contributed by atoms with Crippen molar-refractivity contribution in [1.29, 1.82) is 0 Å². The molecular formula is C13H23N3O5. The highest BCUT2D eigenvalue weighted by Gasteiger charge is 2.29. The van der Waals surface area contributed by atoms with Crippen LogP contribution in [0.2, 0.25) is 0 Å². The van der Waals surface area contributed by atoms with Crippen molar-refractivity contribution in [3.63, 3.8) is 0 Å². The summed E-state index contributed by atoms with van der Waals surface area (Å²) in [6.45, 7) is 3.85. The smallest absolute Gasteiger partial charge is 0.326 e. The highest BCUT2D eigenvalue weighted by Crippen LogP contribution is 2.11. The van der Waals surface area contributed by atoms with Crippen LogP contribution in [0.25, 0.3) is 0 Å². The second kappa shape index (κ2) is 7.82. The first-order valence-electron chi connectivity index (χ1n) is 7.05. The van der Waals surface area contributed by atoms with Crippen LogP contribution in [0.4, 0.5) is 4.79 Å². The fraction of sp³-hybridized carbons (Fsp3) is 0.769. The number of aliphatic carboxylic acids is 2. The van der Waals surface area contributed by atoms with E-state index in [0.717, 1.165) is 13.0 Å². The van der Waals surface area contributed by atoms with Crippen molar-refractivity contribution in [3.05, 3.63) is 0 Å². The van der Waals surface area contributed by atoms with Crippen LogP contribution in [0, 0.1) is 0 Å². The lowest BCUT2D eigenvalue weighted by Gasteiger charge is -2.39. The van der Waals surface area contributed by atoms with Gasteiger partial charge in [-0.05, 0) is 19.9 Å². The third kappa shape index (κ3) is 5.22. The summed E-state index contributed by atoms with van der Waals surface area (Å²) in [5.41, 5.74) is 0. The highest BCUT2D eigenvalue weighted by atomic mass is 16.4. The molecular weight excluding hydrogens is 278 g/mol. The number of carbonyl (C=O) groups is 3. The van der Waals surface area contributed by atoms with Gasteiger partial charge in [0.15, 0.2) is 0 Å². The molecule has 8 nitrogen and oxygen atoms in total. The standard InChI is InChI=1S/C13H23N3O5/c1-3-9-8-16(7-6-15(9)2)13(21)14-10(12(19)20)4-5-11(17)18/h9-10H,3-8H2,1-2H3,(H,14,21)(H,17,18)(H,19,20)/t9?,10-/m0/s1. The van der Waals surface area contributed by atoms with Gasteiger partial charge < -0.3 is 20.4 Å². The first-order chi connectivity index (χ1) is 9.85. The zero-order valence-electron chi connectivity index (χ0n) is 12.4. The number of carboxylic acids is 2. The van der Waals surface area contributed by atoms with Gasteiger partial charge in [0.05, 0.1) is 0 Å². The molecule has 3 N–H and O–H groups in total. The van der Waals surface area contributed by atoms with Gasteiger partial charge in [-0.15, -0.1) is 0 Å². The summed E-state index contributed by atoms with van der Waals surface area (Å²) >= 11 is 0. The molecule has 0 aliphatic carbocycles. The molecule has 1 aliphatic rings. The molecule has 0 aromatic carbocycles. The lowest BCUT2D eigenvalue weighted by molar-refractivity contribution is -0.140. The van der Waals surface area contributed by atoms with Gasteiger partial charge >= 0.3 is 18.0 Å². The molecule has 1 saturated heterocycles.